The average Bonchev–Trinajstić information content (AvgIpc) is 2.27. The van der Waals surface area contributed by atoms with E-state index in [-0.39, 0.29) is 0 Å². The molecule has 4 aliphatic carbocycles. The van der Waals surface area contributed by atoms with Crippen LogP contribution >= 0.6 is 0 Å². The molecule has 4 aliphatic rings. The molecule has 0 unspecified atom stereocenters. The number of pyridine rings is 1. The first-order valence-corrected chi connectivity index (χ1v) is 7.22. The van der Waals surface area contributed by atoms with E-state index in [2.05, 4.69) is 24.0 Å². The Labute approximate surface area is 104 Å². The van der Waals surface area contributed by atoms with Gasteiger partial charge >= 0.3 is 0 Å². The van der Waals surface area contributed by atoms with E-state index in [1.54, 1.807) is 12.0 Å². The Morgan fingerprint density at radius 3 is 2.24 bits per heavy atom. The van der Waals surface area contributed by atoms with Crippen LogP contribution in [0.5, 0.6) is 0 Å². The standard InChI is InChI=1S/C16H21N/c1-10-4-13(2-3-17-10)16-14-6-11-5-12(8-14)9-15(16)7-11/h2-4,11-12,14-16H,5-9H2,1H3. The van der Waals surface area contributed by atoms with Gasteiger partial charge in [-0.15, -0.1) is 0 Å². The van der Waals surface area contributed by atoms with Crippen molar-refractivity contribution in [2.45, 2.75) is 44.9 Å². The van der Waals surface area contributed by atoms with Crippen LogP contribution in [0.3, 0.4) is 0 Å². The molecule has 1 heterocycles. The summed E-state index contributed by atoms with van der Waals surface area (Å²) in [5.74, 6) is 5.01. The summed E-state index contributed by atoms with van der Waals surface area (Å²) in [5, 5.41) is 0. The summed E-state index contributed by atoms with van der Waals surface area (Å²) < 4.78 is 0. The summed E-state index contributed by atoms with van der Waals surface area (Å²) in [6.07, 6.45) is 9.61. The lowest BCUT2D eigenvalue weighted by molar-refractivity contribution is -0.00281. The monoisotopic (exact) mass is 227 g/mol. The van der Waals surface area contributed by atoms with Crippen LogP contribution in [-0.4, -0.2) is 4.98 Å². The molecule has 0 amide bonds. The summed E-state index contributed by atoms with van der Waals surface area (Å²) in [4.78, 5) is 4.35. The van der Waals surface area contributed by atoms with E-state index < -0.39 is 0 Å². The first-order valence-electron chi connectivity index (χ1n) is 7.22. The molecule has 1 aromatic rings. The smallest absolute Gasteiger partial charge is 0.0375 e. The summed E-state index contributed by atoms with van der Waals surface area (Å²) >= 11 is 0. The van der Waals surface area contributed by atoms with E-state index in [1.165, 1.54) is 31.4 Å². The van der Waals surface area contributed by atoms with Crippen LogP contribution in [0.15, 0.2) is 18.3 Å². The molecule has 1 nitrogen and oxygen atoms in total. The maximum absolute atomic E-state index is 4.35. The fourth-order valence-corrected chi connectivity index (χ4v) is 5.24. The summed E-state index contributed by atoms with van der Waals surface area (Å²) in [5.41, 5.74) is 2.78. The van der Waals surface area contributed by atoms with Crippen molar-refractivity contribution in [2.75, 3.05) is 0 Å². The topological polar surface area (TPSA) is 12.9 Å². The highest BCUT2D eigenvalue weighted by molar-refractivity contribution is 5.24. The molecular weight excluding hydrogens is 206 g/mol. The molecule has 0 saturated heterocycles. The molecule has 4 fully saturated rings. The van der Waals surface area contributed by atoms with Gasteiger partial charge in [-0.25, -0.2) is 0 Å². The van der Waals surface area contributed by atoms with Crippen LogP contribution in [0.25, 0.3) is 0 Å². The average molecular weight is 227 g/mol. The second kappa shape index (κ2) is 3.57. The molecule has 0 aliphatic heterocycles. The maximum Gasteiger partial charge on any atom is 0.0375 e. The van der Waals surface area contributed by atoms with E-state index in [0.717, 1.165) is 29.6 Å². The van der Waals surface area contributed by atoms with Crippen LogP contribution < -0.4 is 0 Å². The molecule has 4 bridgehead atoms. The first-order chi connectivity index (χ1) is 8.29. The Kier molecular flexibility index (Phi) is 2.12. The molecule has 0 aromatic carbocycles. The summed E-state index contributed by atoms with van der Waals surface area (Å²) in [6.45, 7) is 2.12. The van der Waals surface area contributed by atoms with Gasteiger partial charge in [0.05, 0.1) is 0 Å². The van der Waals surface area contributed by atoms with Gasteiger partial charge in [-0.1, -0.05) is 0 Å². The second-order valence-electron chi connectivity index (χ2n) is 6.69. The minimum Gasteiger partial charge on any atom is -0.262 e. The molecule has 1 heteroatoms. The Hall–Kier alpha value is -0.850. The van der Waals surface area contributed by atoms with Crippen LogP contribution in [0.2, 0.25) is 0 Å². The Morgan fingerprint density at radius 2 is 1.65 bits per heavy atom. The minimum absolute atomic E-state index is 0.865. The van der Waals surface area contributed by atoms with Crippen molar-refractivity contribution in [1.82, 2.24) is 4.98 Å². The third kappa shape index (κ3) is 1.55. The number of rotatable bonds is 1. The highest BCUT2D eigenvalue weighted by atomic mass is 14.7. The normalized spacial score (nSPS) is 43.0. The highest BCUT2D eigenvalue weighted by Crippen LogP contribution is 2.59. The van der Waals surface area contributed by atoms with Crippen molar-refractivity contribution in [3.05, 3.63) is 29.6 Å². The number of hydrogen-bond acceptors (Lipinski definition) is 1. The second-order valence-corrected chi connectivity index (χ2v) is 6.69. The Balaban J connectivity index is 1.70. The van der Waals surface area contributed by atoms with Gasteiger partial charge in [0.15, 0.2) is 0 Å². The molecular formula is C16H21N. The zero-order valence-corrected chi connectivity index (χ0v) is 10.6. The van der Waals surface area contributed by atoms with Gasteiger partial charge in [0.2, 0.25) is 0 Å². The zero-order chi connectivity index (χ0) is 11.4. The van der Waals surface area contributed by atoms with Gasteiger partial charge in [-0.2, -0.15) is 0 Å². The third-order valence-electron chi connectivity index (χ3n) is 5.53. The molecule has 0 radical (unpaired) electrons. The lowest BCUT2D eigenvalue weighted by Crippen LogP contribution is -2.43. The van der Waals surface area contributed by atoms with E-state index >= 15 is 0 Å². The zero-order valence-electron chi connectivity index (χ0n) is 10.6. The number of hydrogen-bond donors (Lipinski definition) is 0. The van der Waals surface area contributed by atoms with Crippen LogP contribution in [0.1, 0.15) is 49.3 Å². The molecule has 5 rings (SSSR count). The SMILES string of the molecule is Cc1cc(C2C3CC4CC(C3)CC2C4)ccn1. The lowest BCUT2D eigenvalue weighted by atomic mass is 9.51. The van der Waals surface area contributed by atoms with E-state index in [4.69, 9.17) is 0 Å². The van der Waals surface area contributed by atoms with Crippen molar-refractivity contribution >= 4 is 0 Å². The van der Waals surface area contributed by atoms with Gasteiger partial charge < -0.3 is 0 Å². The maximum atomic E-state index is 4.35. The predicted octanol–water partition coefficient (Wildman–Crippen LogP) is 3.93. The van der Waals surface area contributed by atoms with Crippen molar-refractivity contribution < 1.29 is 0 Å². The van der Waals surface area contributed by atoms with E-state index in [0.29, 0.717) is 0 Å². The van der Waals surface area contributed by atoms with Crippen molar-refractivity contribution in [2.24, 2.45) is 23.7 Å². The molecule has 1 aromatic heterocycles. The largest absolute Gasteiger partial charge is 0.262 e. The Morgan fingerprint density at radius 1 is 1.00 bits per heavy atom. The van der Waals surface area contributed by atoms with Gasteiger partial charge in [-0.3, -0.25) is 4.98 Å². The van der Waals surface area contributed by atoms with E-state index in [1.807, 2.05) is 6.20 Å². The fraction of sp³-hybridized carbons (Fsp3) is 0.688. The molecule has 17 heavy (non-hydrogen) atoms. The van der Waals surface area contributed by atoms with Gasteiger partial charge in [-0.05, 0) is 86.3 Å². The molecule has 0 N–H and O–H groups in total. The van der Waals surface area contributed by atoms with Gasteiger partial charge in [0, 0.05) is 11.9 Å². The number of aryl methyl sites for hydroxylation is 1. The minimum atomic E-state index is 0.865. The molecule has 4 saturated carbocycles. The molecule has 90 valence electrons. The van der Waals surface area contributed by atoms with E-state index in [9.17, 15) is 0 Å². The van der Waals surface area contributed by atoms with Crippen LogP contribution in [0.4, 0.5) is 0 Å². The van der Waals surface area contributed by atoms with Gasteiger partial charge in [0.25, 0.3) is 0 Å². The van der Waals surface area contributed by atoms with Gasteiger partial charge in [0.1, 0.15) is 0 Å². The summed E-state index contributed by atoms with van der Waals surface area (Å²) in [7, 11) is 0. The van der Waals surface area contributed by atoms with Crippen molar-refractivity contribution in [1.29, 1.82) is 0 Å². The third-order valence-corrected chi connectivity index (χ3v) is 5.53. The predicted molar refractivity (Wildman–Crippen MR) is 68.8 cm³/mol. The van der Waals surface area contributed by atoms with Crippen LogP contribution in [-0.2, 0) is 0 Å². The quantitative estimate of drug-likeness (QED) is 0.708. The molecule has 0 atom stereocenters. The summed E-state index contributed by atoms with van der Waals surface area (Å²) in [6, 6.07) is 4.62. The van der Waals surface area contributed by atoms with Crippen LogP contribution in [0, 0.1) is 30.6 Å². The Bertz CT molecular complexity index is 409. The number of aromatic nitrogens is 1. The fourth-order valence-electron chi connectivity index (χ4n) is 5.24. The van der Waals surface area contributed by atoms with Crippen molar-refractivity contribution in [3.8, 4) is 0 Å². The number of nitrogens with zero attached hydrogens (tertiary/aromatic N) is 1. The first kappa shape index (κ1) is 10.1. The lowest BCUT2D eigenvalue weighted by Gasteiger charge is -2.54. The van der Waals surface area contributed by atoms with Crippen molar-refractivity contribution in [3.63, 3.8) is 0 Å². The molecule has 0 spiro atoms. The highest BCUT2D eigenvalue weighted by Gasteiger charge is 2.48.